The lowest BCUT2D eigenvalue weighted by Gasteiger charge is -2.56. The van der Waals surface area contributed by atoms with Gasteiger partial charge in [-0.25, -0.2) is 0 Å². The molecule has 0 aliphatic heterocycles. The lowest BCUT2D eigenvalue weighted by molar-refractivity contribution is 0.0154. The molecule has 1 heterocycles. The SMILES string of the molecule is CC.CC.Cc1ccc2c(n1)C1CC(C2)C1(C)C. The monoisotopic (exact) mass is 247 g/mol. The normalized spacial score (nSPS) is 25.5. The summed E-state index contributed by atoms with van der Waals surface area (Å²) < 4.78 is 0. The first-order valence-corrected chi connectivity index (χ1v) is 7.55. The van der Waals surface area contributed by atoms with Gasteiger partial charge in [0.15, 0.2) is 0 Å². The molecular formula is C17H29N. The average Bonchev–Trinajstić information content (AvgIpc) is 2.42. The number of hydrogen-bond acceptors (Lipinski definition) is 1. The maximum absolute atomic E-state index is 4.73. The Labute approximate surface area is 113 Å². The van der Waals surface area contributed by atoms with Crippen LogP contribution < -0.4 is 0 Å². The molecule has 2 unspecified atom stereocenters. The van der Waals surface area contributed by atoms with Crippen molar-refractivity contribution < 1.29 is 0 Å². The van der Waals surface area contributed by atoms with E-state index in [0.29, 0.717) is 5.41 Å². The van der Waals surface area contributed by atoms with Crippen molar-refractivity contribution in [2.24, 2.45) is 11.3 Å². The minimum Gasteiger partial charge on any atom is -0.258 e. The van der Waals surface area contributed by atoms with E-state index in [1.807, 2.05) is 27.7 Å². The van der Waals surface area contributed by atoms with E-state index in [1.54, 1.807) is 0 Å². The molecule has 1 nitrogen and oxygen atoms in total. The first-order chi connectivity index (χ1) is 8.59. The van der Waals surface area contributed by atoms with Crippen LogP contribution in [0.2, 0.25) is 0 Å². The van der Waals surface area contributed by atoms with Gasteiger partial charge in [-0.1, -0.05) is 47.6 Å². The van der Waals surface area contributed by atoms with Crippen LogP contribution in [0.15, 0.2) is 12.1 Å². The van der Waals surface area contributed by atoms with Crippen molar-refractivity contribution in [1.29, 1.82) is 0 Å². The van der Waals surface area contributed by atoms with Gasteiger partial charge >= 0.3 is 0 Å². The van der Waals surface area contributed by atoms with Gasteiger partial charge in [0, 0.05) is 17.3 Å². The highest BCUT2D eigenvalue weighted by molar-refractivity contribution is 5.35. The Kier molecular flexibility index (Phi) is 4.95. The quantitative estimate of drug-likeness (QED) is 0.619. The molecule has 102 valence electrons. The van der Waals surface area contributed by atoms with Gasteiger partial charge in [-0.15, -0.1) is 0 Å². The smallest absolute Gasteiger partial charge is 0.0475 e. The maximum atomic E-state index is 4.73. The van der Waals surface area contributed by atoms with Crippen LogP contribution in [0.4, 0.5) is 0 Å². The molecule has 0 spiro atoms. The van der Waals surface area contributed by atoms with Crippen LogP contribution in [-0.2, 0) is 6.42 Å². The second-order valence-corrected chi connectivity index (χ2v) is 5.51. The van der Waals surface area contributed by atoms with E-state index in [0.717, 1.165) is 11.8 Å². The molecule has 1 fully saturated rings. The van der Waals surface area contributed by atoms with Gasteiger partial charge in [-0.2, -0.15) is 0 Å². The summed E-state index contributed by atoms with van der Waals surface area (Å²) in [4.78, 5) is 4.73. The summed E-state index contributed by atoms with van der Waals surface area (Å²) in [6.07, 6.45) is 2.63. The van der Waals surface area contributed by atoms with E-state index >= 15 is 0 Å². The Morgan fingerprint density at radius 1 is 1.11 bits per heavy atom. The van der Waals surface area contributed by atoms with Gasteiger partial charge in [-0.3, -0.25) is 4.98 Å². The molecule has 3 aliphatic carbocycles. The molecule has 18 heavy (non-hydrogen) atoms. The van der Waals surface area contributed by atoms with Gasteiger partial charge in [0.05, 0.1) is 0 Å². The van der Waals surface area contributed by atoms with Gasteiger partial charge in [-0.05, 0) is 42.7 Å². The van der Waals surface area contributed by atoms with Crippen LogP contribution in [0.1, 0.15) is 70.8 Å². The molecule has 0 amide bonds. The summed E-state index contributed by atoms with van der Waals surface area (Å²) >= 11 is 0. The largest absolute Gasteiger partial charge is 0.258 e. The molecule has 0 N–H and O–H groups in total. The summed E-state index contributed by atoms with van der Waals surface area (Å²) in [5.41, 5.74) is 4.59. The molecule has 2 atom stereocenters. The maximum Gasteiger partial charge on any atom is 0.0475 e. The van der Waals surface area contributed by atoms with Crippen LogP contribution in [0, 0.1) is 18.3 Å². The van der Waals surface area contributed by atoms with Crippen molar-refractivity contribution >= 4 is 0 Å². The predicted octanol–water partition coefficient (Wildman–Crippen LogP) is 5.13. The number of rotatable bonds is 0. The van der Waals surface area contributed by atoms with E-state index in [4.69, 9.17) is 4.98 Å². The van der Waals surface area contributed by atoms with Crippen LogP contribution in [-0.4, -0.2) is 4.98 Å². The molecular weight excluding hydrogens is 218 g/mol. The van der Waals surface area contributed by atoms with Crippen LogP contribution >= 0.6 is 0 Å². The van der Waals surface area contributed by atoms with Gasteiger partial charge in [0.1, 0.15) is 0 Å². The number of hydrogen-bond donors (Lipinski definition) is 0. The Bertz CT molecular complexity index is 393. The molecule has 0 saturated heterocycles. The van der Waals surface area contributed by atoms with E-state index in [1.165, 1.54) is 29.8 Å². The fraction of sp³-hybridized carbons (Fsp3) is 0.706. The standard InChI is InChI=1S/C13H17N.2C2H6/c1-8-4-5-9-6-10-7-11(12(9)14-8)13(10,2)3;2*1-2/h4-5,10-11H,6-7H2,1-3H3;2*1-2H3. The zero-order valence-corrected chi connectivity index (χ0v) is 13.2. The number of aromatic nitrogens is 1. The highest BCUT2D eigenvalue weighted by atomic mass is 14.8. The molecule has 4 rings (SSSR count). The number of pyridine rings is 1. The Balaban J connectivity index is 0.000000371. The van der Waals surface area contributed by atoms with Gasteiger partial charge in [0.2, 0.25) is 0 Å². The molecule has 1 heteroatoms. The lowest BCUT2D eigenvalue weighted by Crippen LogP contribution is -2.48. The number of nitrogens with zero attached hydrogens (tertiary/aromatic N) is 1. The van der Waals surface area contributed by atoms with Crippen molar-refractivity contribution in [3.63, 3.8) is 0 Å². The molecule has 0 aromatic carbocycles. The second kappa shape index (κ2) is 5.86. The highest BCUT2D eigenvalue weighted by Gasteiger charge is 2.53. The van der Waals surface area contributed by atoms with Crippen molar-refractivity contribution in [3.8, 4) is 0 Å². The van der Waals surface area contributed by atoms with Crippen LogP contribution in [0.3, 0.4) is 0 Å². The molecule has 2 bridgehead atoms. The summed E-state index contributed by atoms with van der Waals surface area (Å²) in [6, 6.07) is 4.43. The van der Waals surface area contributed by atoms with Gasteiger partial charge in [0.25, 0.3) is 0 Å². The zero-order valence-electron chi connectivity index (χ0n) is 13.2. The van der Waals surface area contributed by atoms with E-state index in [2.05, 4.69) is 32.9 Å². The summed E-state index contributed by atoms with van der Waals surface area (Å²) in [5.74, 6) is 1.64. The Morgan fingerprint density at radius 2 is 1.72 bits per heavy atom. The topological polar surface area (TPSA) is 12.9 Å². The van der Waals surface area contributed by atoms with Crippen LogP contribution in [0.25, 0.3) is 0 Å². The second-order valence-electron chi connectivity index (χ2n) is 5.51. The zero-order chi connectivity index (χ0) is 13.9. The van der Waals surface area contributed by atoms with Crippen LogP contribution in [0.5, 0.6) is 0 Å². The first kappa shape index (κ1) is 15.2. The number of aryl methyl sites for hydroxylation is 1. The third kappa shape index (κ3) is 2.32. The summed E-state index contributed by atoms with van der Waals surface area (Å²) in [7, 11) is 0. The fourth-order valence-corrected chi connectivity index (χ4v) is 3.17. The van der Waals surface area contributed by atoms with Crippen molar-refractivity contribution in [1.82, 2.24) is 4.98 Å². The average molecular weight is 247 g/mol. The Hall–Kier alpha value is -0.850. The molecule has 0 radical (unpaired) electrons. The van der Waals surface area contributed by atoms with E-state index in [-0.39, 0.29) is 0 Å². The van der Waals surface area contributed by atoms with E-state index < -0.39 is 0 Å². The molecule has 1 aromatic heterocycles. The minimum absolute atomic E-state index is 0.508. The Morgan fingerprint density at radius 3 is 2.28 bits per heavy atom. The third-order valence-electron chi connectivity index (χ3n) is 4.42. The fourth-order valence-electron chi connectivity index (χ4n) is 3.17. The third-order valence-corrected chi connectivity index (χ3v) is 4.42. The summed E-state index contributed by atoms with van der Waals surface area (Å²) in [5, 5.41) is 0. The van der Waals surface area contributed by atoms with E-state index in [9.17, 15) is 0 Å². The van der Waals surface area contributed by atoms with Gasteiger partial charge < -0.3 is 0 Å². The molecule has 1 aromatic rings. The molecule has 1 saturated carbocycles. The highest BCUT2D eigenvalue weighted by Crippen LogP contribution is 2.61. The summed E-state index contributed by atoms with van der Waals surface area (Å²) in [6.45, 7) is 14.9. The predicted molar refractivity (Wildman–Crippen MR) is 80.0 cm³/mol. The van der Waals surface area contributed by atoms with Crippen molar-refractivity contribution in [2.75, 3.05) is 0 Å². The lowest BCUT2D eigenvalue weighted by atomic mass is 9.48. The minimum atomic E-state index is 0.508. The van der Waals surface area contributed by atoms with Crippen molar-refractivity contribution in [3.05, 3.63) is 29.1 Å². The molecule has 3 aliphatic rings. The first-order valence-electron chi connectivity index (χ1n) is 7.55. The van der Waals surface area contributed by atoms with Crippen molar-refractivity contribution in [2.45, 2.75) is 67.2 Å².